The number of aromatic nitrogens is 8. The lowest BCUT2D eigenvalue weighted by Gasteiger charge is -2.22. The zero-order chi connectivity index (χ0) is 32.0. The summed E-state index contributed by atoms with van der Waals surface area (Å²) < 4.78 is 47.3. The van der Waals surface area contributed by atoms with Gasteiger partial charge in [0.2, 0.25) is 11.6 Å². The van der Waals surface area contributed by atoms with E-state index in [1.54, 1.807) is 31.3 Å². The van der Waals surface area contributed by atoms with Crippen LogP contribution in [0, 0.1) is 11.8 Å². The molecule has 0 aliphatic heterocycles. The molecule has 2 aliphatic rings. The third kappa shape index (κ3) is 8.81. The van der Waals surface area contributed by atoms with E-state index in [1.807, 2.05) is 12.1 Å². The number of benzene rings is 2. The predicted molar refractivity (Wildman–Crippen MR) is 171 cm³/mol. The Balaban J connectivity index is 0.000000178. The van der Waals surface area contributed by atoms with E-state index in [1.165, 1.54) is 81.5 Å². The number of nitrogens with one attached hydrogen (secondary N) is 1. The van der Waals surface area contributed by atoms with Gasteiger partial charge in [0.15, 0.2) is 19.7 Å². The number of hydrogen-bond donors (Lipinski definition) is 1. The molecule has 14 heteroatoms. The van der Waals surface area contributed by atoms with Crippen LogP contribution < -0.4 is 0 Å². The van der Waals surface area contributed by atoms with E-state index >= 15 is 0 Å². The van der Waals surface area contributed by atoms with Crippen molar-refractivity contribution in [3.8, 4) is 22.8 Å². The highest BCUT2D eigenvalue weighted by atomic mass is 32.2. The summed E-state index contributed by atoms with van der Waals surface area (Å²) in [5.74, 6) is 2.26. The molecular formula is C31H42N8O4S2. The second kappa shape index (κ2) is 14.3. The van der Waals surface area contributed by atoms with Gasteiger partial charge in [-0.3, -0.25) is 0 Å². The largest absolute Gasteiger partial charge is 0.224 e. The number of tetrazole rings is 2. The van der Waals surface area contributed by atoms with Gasteiger partial charge in [-0.25, -0.2) is 16.8 Å². The van der Waals surface area contributed by atoms with Gasteiger partial charge in [0.05, 0.1) is 16.8 Å². The van der Waals surface area contributed by atoms with Gasteiger partial charge in [0.25, 0.3) is 0 Å². The Morgan fingerprint density at radius 1 is 0.711 bits per heavy atom. The van der Waals surface area contributed by atoms with Crippen molar-refractivity contribution in [2.24, 2.45) is 18.9 Å². The van der Waals surface area contributed by atoms with E-state index < -0.39 is 19.7 Å². The van der Waals surface area contributed by atoms with E-state index in [0.717, 1.165) is 35.1 Å². The van der Waals surface area contributed by atoms with E-state index in [4.69, 9.17) is 0 Å². The number of hydrogen-bond acceptors (Lipinski definition) is 10. The highest BCUT2D eigenvalue weighted by Crippen LogP contribution is 2.33. The average Bonchev–Trinajstić information content (AvgIpc) is 3.70. The van der Waals surface area contributed by atoms with Gasteiger partial charge < -0.3 is 0 Å². The van der Waals surface area contributed by atoms with Crippen molar-refractivity contribution < 1.29 is 16.8 Å². The molecule has 2 saturated carbocycles. The summed E-state index contributed by atoms with van der Waals surface area (Å²) >= 11 is 0. The molecule has 2 aromatic heterocycles. The molecule has 0 saturated heterocycles. The number of sulfone groups is 2. The Hall–Kier alpha value is -3.52. The summed E-state index contributed by atoms with van der Waals surface area (Å²) in [5, 5.41) is 26.3. The molecule has 0 radical (unpaired) electrons. The molecule has 0 atom stereocenters. The molecule has 45 heavy (non-hydrogen) atoms. The highest BCUT2D eigenvalue weighted by molar-refractivity contribution is 7.91. The van der Waals surface area contributed by atoms with Gasteiger partial charge in [-0.2, -0.15) is 10.0 Å². The van der Waals surface area contributed by atoms with E-state index in [9.17, 15) is 16.8 Å². The van der Waals surface area contributed by atoms with E-state index in [-0.39, 0.29) is 0 Å². The van der Waals surface area contributed by atoms with Crippen molar-refractivity contribution in [1.29, 1.82) is 0 Å². The van der Waals surface area contributed by atoms with Crippen LogP contribution in [0.25, 0.3) is 22.8 Å². The Kier molecular flexibility index (Phi) is 10.4. The van der Waals surface area contributed by atoms with E-state index in [0.29, 0.717) is 33.3 Å². The number of aromatic amines is 1. The maximum atomic E-state index is 11.9. The topological polar surface area (TPSA) is 166 Å². The zero-order valence-electron chi connectivity index (χ0n) is 26.2. The van der Waals surface area contributed by atoms with Gasteiger partial charge in [-0.1, -0.05) is 76.3 Å². The summed E-state index contributed by atoms with van der Waals surface area (Å²) in [6.07, 6.45) is 17.0. The first-order valence-electron chi connectivity index (χ1n) is 15.6. The fourth-order valence-corrected chi connectivity index (χ4v) is 7.71. The summed E-state index contributed by atoms with van der Waals surface area (Å²) in [7, 11) is -4.81. The Labute approximate surface area is 265 Å². The molecule has 2 aromatic carbocycles. The standard InChI is InChI=1S/C16H22N4O2S.C15H20N4O2S/c1-20-18-16(17-19-20)15-11-14(23(2,21)22)9-8-13(15)10-12-6-4-3-5-7-12;1-22(20,21)13-8-7-12(9-11-5-3-2-4-6-11)14(10-13)15-16-18-19-17-15/h8-9,11-12H,3-7,10H2,1-2H3;7-8,10-11H,2-6,9H2,1H3,(H,16,17,18,19). The summed E-state index contributed by atoms with van der Waals surface area (Å²) in [4.78, 5) is 1.99. The monoisotopic (exact) mass is 654 g/mol. The predicted octanol–water partition coefficient (Wildman–Crippen LogP) is 4.80. The van der Waals surface area contributed by atoms with Gasteiger partial charge >= 0.3 is 0 Å². The fraction of sp³-hybridized carbons (Fsp3) is 0.548. The van der Waals surface area contributed by atoms with Crippen molar-refractivity contribution in [3.05, 3.63) is 47.5 Å². The first kappa shape index (κ1) is 32.9. The van der Waals surface area contributed by atoms with Crippen LogP contribution in [0.5, 0.6) is 0 Å². The van der Waals surface area contributed by atoms with Crippen molar-refractivity contribution in [1.82, 2.24) is 40.8 Å². The second-order valence-corrected chi connectivity index (χ2v) is 16.5. The molecule has 1 N–H and O–H groups in total. The molecule has 0 amide bonds. The quantitative estimate of drug-likeness (QED) is 0.279. The van der Waals surface area contributed by atoms with Crippen LogP contribution >= 0.6 is 0 Å². The van der Waals surface area contributed by atoms with Crippen molar-refractivity contribution >= 4 is 19.7 Å². The van der Waals surface area contributed by atoms with Gasteiger partial charge in [0, 0.05) is 23.6 Å². The third-order valence-corrected chi connectivity index (χ3v) is 11.0. The molecule has 2 aliphatic carbocycles. The molecule has 12 nitrogen and oxygen atoms in total. The first-order chi connectivity index (χ1) is 21.5. The molecular weight excluding hydrogens is 613 g/mol. The van der Waals surface area contributed by atoms with Crippen LogP contribution in [0.3, 0.4) is 0 Å². The maximum absolute atomic E-state index is 11.9. The minimum absolute atomic E-state index is 0.291. The molecule has 6 rings (SSSR count). The van der Waals surface area contributed by atoms with E-state index in [2.05, 4.69) is 36.0 Å². The number of H-pyrrole nitrogens is 1. The third-order valence-electron chi connectivity index (χ3n) is 8.82. The normalized spacial score (nSPS) is 16.7. The summed E-state index contributed by atoms with van der Waals surface area (Å²) in [5.41, 5.74) is 3.76. The smallest absolute Gasteiger partial charge is 0.205 e. The Morgan fingerprint density at radius 3 is 1.60 bits per heavy atom. The van der Waals surface area contributed by atoms with Crippen LogP contribution in [-0.4, -0.2) is 70.2 Å². The lowest BCUT2D eigenvalue weighted by molar-refractivity contribution is 0.357. The molecule has 0 unspecified atom stereocenters. The lowest BCUT2D eigenvalue weighted by atomic mass is 9.84. The molecule has 2 fully saturated rings. The zero-order valence-corrected chi connectivity index (χ0v) is 27.8. The SMILES string of the molecule is CS(=O)(=O)c1ccc(CC2CCCCC2)c(-c2nn[nH]n2)c1.Cn1nnc(-c2cc(S(C)(=O)=O)ccc2CC2CCCCC2)n1. The fourth-order valence-electron chi connectivity index (χ4n) is 6.42. The summed E-state index contributed by atoms with van der Waals surface area (Å²) in [6.45, 7) is 0. The van der Waals surface area contributed by atoms with Crippen LogP contribution in [0.1, 0.15) is 75.3 Å². The van der Waals surface area contributed by atoms with Crippen LogP contribution in [0.2, 0.25) is 0 Å². The van der Waals surface area contributed by atoms with Crippen LogP contribution in [-0.2, 0) is 39.6 Å². The van der Waals surface area contributed by atoms with Crippen LogP contribution in [0.4, 0.5) is 0 Å². The second-order valence-electron chi connectivity index (χ2n) is 12.4. The van der Waals surface area contributed by atoms with Gasteiger partial charge in [-0.05, 0) is 70.5 Å². The molecule has 242 valence electrons. The Bertz CT molecular complexity index is 1790. The van der Waals surface area contributed by atoms with Crippen molar-refractivity contribution in [2.45, 2.75) is 86.8 Å². The minimum Gasteiger partial charge on any atom is -0.224 e. The van der Waals surface area contributed by atoms with Crippen molar-refractivity contribution in [3.63, 3.8) is 0 Å². The van der Waals surface area contributed by atoms with Crippen molar-refractivity contribution in [2.75, 3.05) is 12.5 Å². The number of rotatable bonds is 8. The number of nitrogens with zero attached hydrogens (tertiary/aromatic N) is 7. The first-order valence-corrected chi connectivity index (χ1v) is 19.4. The minimum atomic E-state index is -3.26. The van der Waals surface area contributed by atoms with Crippen LogP contribution in [0.15, 0.2) is 46.2 Å². The molecule has 0 bridgehead atoms. The van der Waals surface area contributed by atoms with Gasteiger partial charge in [0.1, 0.15) is 0 Å². The molecule has 0 spiro atoms. The van der Waals surface area contributed by atoms with Gasteiger partial charge in [-0.15, -0.1) is 20.4 Å². The highest BCUT2D eigenvalue weighted by Gasteiger charge is 2.21. The molecule has 4 aromatic rings. The lowest BCUT2D eigenvalue weighted by Crippen LogP contribution is -2.10. The Morgan fingerprint density at radius 2 is 1.20 bits per heavy atom. The molecule has 2 heterocycles. The average molecular weight is 655 g/mol. The summed E-state index contributed by atoms with van der Waals surface area (Å²) in [6, 6.07) is 10.5. The maximum Gasteiger partial charge on any atom is 0.205 e. The number of aryl methyl sites for hydroxylation is 1.